The van der Waals surface area contributed by atoms with E-state index in [-0.39, 0.29) is 5.91 Å². The lowest BCUT2D eigenvalue weighted by molar-refractivity contribution is -0.141. The summed E-state index contributed by atoms with van der Waals surface area (Å²) < 4.78 is 39.1. The average molecular weight is 398 g/mol. The van der Waals surface area contributed by atoms with Gasteiger partial charge in [0.05, 0.1) is 17.2 Å². The van der Waals surface area contributed by atoms with Crippen molar-refractivity contribution in [3.05, 3.63) is 77.6 Å². The molecule has 0 aliphatic heterocycles. The third kappa shape index (κ3) is 4.46. The smallest absolute Gasteiger partial charge is 0.322 e. The molecule has 3 aromatic rings. The standard InChI is InChI=1S/C21H17F3N4O/c1-20(2,13-25)15-5-7-16(8-6-15)26-19(29)14-3-9-17(10-4-14)28-12-11-18(27-28)21(22,23)24/h3-12H,1-2H3,(H,26,29). The van der Waals surface area contributed by atoms with Crippen molar-refractivity contribution in [2.45, 2.75) is 25.4 Å². The van der Waals surface area contributed by atoms with E-state index in [0.29, 0.717) is 16.9 Å². The van der Waals surface area contributed by atoms with Crippen LogP contribution in [0.1, 0.15) is 35.5 Å². The van der Waals surface area contributed by atoms with Gasteiger partial charge in [-0.1, -0.05) is 12.1 Å². The summed E-state index contributed by atoms with van der Waals surface area (Å²) in [6.07, 6.45) is -3.30. The number of nitrogens with zero attached hydrogens (tertiary/aromatic N) is 3. The summed E-state index contributed by atoms with van der Waals surface area (Å²) in [4.78, 5) is 12.4. The Morgan fingerprint density at radius 1 is 1.03 bits per heavy atom. The molecule has 2 aromatic carbocycles. The Hall–Kier alpha value is -3.60. The second-order valence-corrected chi connectivity index (χ2v) is 6.96. The van der Waals surface area contributed by atoms with Crippen molar-refractivity contribution in [1.29, 1.82) is 5.26 Å². The second-order valence-electron chi connectivity index (χ2n) is 6.96. The van der Waals surface area contributed by atoms with Crippen molar-refractivity contribution < 1.29 is 18.0 Å². The van der Waals surface area contributed by atoms with Crippen molar-refractivity contribution in [1.82, 2.24) is 9.78 Å². The lowest BCUT2D eigenvalue weighted by Gasteiger charge is -2.16. The number of nitrogens with one attached hydrogen (secondary N) is 1. The average Bonchev–Trinajstić information content (AvgIpc) is 3.19. The van der Waals surface area contributed by atoms with Gasteiger partial charge < -0.3 is 5.32 Å². The lowest BCUT2D eigenvalue weighted by atomic mass is 9.86. The molecule has 0 aliphatic carbocycles. The molecule has 0 aliphatic rings. The fourth-order valence-corrected chi connectivity index (χ4v) is 2.62. The van der Waals surface area contributed by atoms with Gasteiger partial charge in [0.1, 0.15) is 0 Å². The number of carbonyl (C=O) groups is 1. The summed E-state index contributed by atoms with van der Waals surface area (Å²) in [5.41, 5.74) is 0.538. The van der Waals surface area contributed by atoms with Crippen LogP contribution >= 0.6 is 0 Å². The van der Waals surface area contributed by atoms with Crippen LogP contribution in [0, 0.1) is 11.3 Å². The number of alkyl halides is 3. The van der Waals surface area contributed by atoms with Crippen LogP contribution < -0.4 is 5.32 Å². The number of hydrogen-bond donors (Lipinski definition) is 1. The molecule has 0 fully saturated rings. The van der Waals surface area contributed by atoms with Gasteiger partial charge in [-0.25, -0.2) is 4.68 Å². The van der Waals surface area contributed by atoms with E-state index < -0.39 is 17.3 Å². The van der Waals surface area contributed by atoms with E-state index in [9.17, 15) is 23.2 Å². The molecule has 1 N–H and O–H groups in total. The molecule has 1 aromatic heterocycles. The highest BCUT2D eigenvalue weighted by atomic mass is 19.4. The van der Waals surface area contributed by atoms with Crippen molar-refractivity contribution in [2.75, 3.05) is 5.32 Å². The SMILES string of the molecule is CC(C)(C#N)c1ccc(NC(=O)c2ccc(-n3ccc(C(F)(F)F)n3)cc2)cc1. The fraction of sp³-hybridized carbons (Fsp3) is 0.190. The Kier molecular flexibility index (Phi) is 5.16. The zero-order valence-electron chi connectivity index (χ0n) is 15.7. The number of benzene rings is 2. The number of halogens is 3. The first-order chi connectivity index (χ1) is 13.6. The molecular formula is C21H17F3N4O. The van der Waals surface area contributed by atoms with Crippen molar-refractivity contribution in [3.63, 3.8) is 0 Å². The van der Waals surface area contributed by atoms with Gasteiger partial charge in [0.15, 0.2) is 5.69 Å². The molecule has 148 valence electrons. The van der Waals surface area contributed by atoms with E-state index in [4.69, 9.17) is 0 Å². The third-order valence-corrected chi connectivity index (χ3v) is 4.42. The summed E-state index contributed by atoms with van der Waals surface area (Å²) in [6.45, 7) is 3.61. The maximum absolute atomic E-state index is 12.7. The van der Waals surface area contributed by atoms with Crippen LogP contribution in [0.3, 0.4) is 0 Å². The van der Waals surface area contributed by atoms with Crippen LogP contribution in [0.4, 0.5) is 18.9 Å². The van der Waals surface area contributed by atoms with E-state index >= 15 is 0 Å². The van der Waals surface area contributed by atoms with Crippen molar-refractivity contribution >= 4 is 11.6 Å². The normalized spacial score (nSPS) is 11.7. The molecule has 1 amide bonds. The van der Waals surface area contributed by atoms with Gasteiger partial charge in [0.2, 0.25) is 0 Å². The number of amides is 1. The Bertz CT molecular complexity index is 1060. The van der Waals surface area contributed by atoms with E-state index in [1.165, 1.54) is 30.5 Å². The first-order valence-electron chi connectivity index (χ1n) is 8.66. The number of anilines is 1. The van der Waals surface area contributed by atoms with Gasteiger partial charge in [-0.05, 0) is 61.9 Å². The fourth-order valence-electron chi connectivity index (χ4n) is 2.62. The zero-order chi connectivity index (χ0) is 21.2. The number of carbonyl (C=O) groups excluding carboxylic acids is 1. The molecule has 0 unspecified atom stereocenters. The maximum atomic E-state index is 12.7. The molecule has 8 heteroatoms. The lowest BCUT2D eigenvalue weighted by Crippen LogP contribution is -2.15. The summed E-state index contributed by atoms with van der Waals surface area (Å²) in [7, 11) is 0. The second kappa shape index (κ2) is 7.43. The molecule has 0 saturated carbocycles. The Morgan fingerprint density at radius 2 is 1.66 bits per heavy atom. The van der Waals surface area contributed by atoms with E-state index in [2.05, 4.69) is 16.5 Å². The Morgan fingerprint density at radius 3 is 2.17 bits per heavy atom. The first kappa shape index (κ1) is 20.1. The highest BCUT2D eigenvalue weighted by Crippen LogP contribution is 2.28. The van der Waals surface area contributed by atoms with Crippen LogP contribution in [-0.4, -0.2) is 15.7 Å². The van der Waals surface area contributed by atoms with Gasteiger partial charge in [-0.15, -0.1) is 0 Å². The first-order valence-corrected chi connectivity index (χ1v) is 8.66. The predicted octanol–water partition coefficient (Wildman–Crippen LogP) is 4.94. The molecule has 3 rings (SSSR count). The number of aromatic nitrogens is 2. The summed E-state index contributed by atoms with van der Waals surface area (Å²) in [5.74, 6) is -0.361. The molecular weight excluding hydrogens is 381 g/mol. The molecule has 5 nitrogen and oxygen atoms in total. The zero-order valence-corrected chi connectivity index (χ0v) is 15.7. The van der Waals surface area contributed by atoms with Crippen molar-refractivity contribution in [2.24, 2.45) is 0 Å². The van der Waals surface area contributed by atoms with Crippen LogP contribution in [-0.2, 0) is 11.6 Å². The van der Waals surface area contributed by atoms with E-state index in [1.54, 1.807) is 38.1 Å². The van der Waals surface area contributed by atoms with Gasteiger partial charge in [-0.3, -0.25) is 4.79 Å². The monoisotopic (exact) mass is 398 g/mol. The van der Waals surface area contributed by atoms with E-state index in [0.717, 1.165) is 16.3 Å². The number of hydrogen-bond acceptors (Lipinski definition) is 3. The largest absolute Gasteiger partial charge is 0.435 e. The predicted molar refractivity (Wildman–Crippen MR) is 102 cm³/mol. The highest BCUT2D eigenvalue weighted by molar-refractivity contribution is 6.04. The molecule has 0 bridgehead atoms. The summed E-state index contributed by atoms with van der Waals surface area (Å²) in [5, 5.41) is 15.4. The minimum absolute atomic E-state index is 0.346. The Balaban J connectivity index is 1.71. The van der Waals surface area contributed by atoms with Gasteiger partial charge in [-0.2, -0.15) is 23.5 Å². The van der Waals surface area contributed by atoms with E-state index in [1.807, 2.05) is 0 Å². The molecule has 0 saturated heterocycles. The van der Waals surface area contributed by atoms with Crippen LogP contribution in [0.25, 0.3) is 5.69 Å². The molecule has 1 heterocycles. The van der Waals surface area contributed by atoms with Gasteiger partial charge in [0, 0.05) is 17.4 Å². The van der Waals surface area contributed by atoms with Gasteiger partial charge in [0.25, 0.3) is 5.91 Å². The van der Waals surface area contributed by atoms with Gasteiger partial charge >= 0.3 is 6.18 Å². The Labute approximate surface area is 165 Å². The van der Waals surface area contributed by atoms with Crippen LogP contribution in [0.15, 0.2) is 60.8 Å². The summed E-state index contributed by atoms with van der Waals surface area (Å²) >= 11 is 0. The quantitative estimate of drug-likeness (QED) is 0.676. The maximum Gasteiger partial charge on any atom is 0.435 e. The van der Waals surface area contributed by atoms with Crippen molar-refractivity contribution in [3.8, 4) is 11.8 Å². The molecule has 0 atom stereocenters. The molecule has 0 spiro atoms. The third-order valence-electron chi connectivity index (χ3n) is 4.42. The minimum atomic E-state index is -4.51. The minimum Gasteiger partial charge on any atom is -0.322 e. The topological polar surface area (TPSA) is 70.7 Å². The van der Waals surface area contributed by atoms with Crippen LogP contribution in [0.2, 0.25) is 0 Å². The molecule has 0 radical (unpaired) electrons. The molecule has 29 heavy (non-hydrogen) atoms. The number of nitriles is 1. The number of rotatable bonds is 4. The van der Waals surface area contributed by atoms with Crippen LogP contribution in [0.5, 0.6) is 0 Å². The summed E-state index contributed by atoms with van der Waals surface area (Å²) in [6, 6.07) is 16.1. The highest BCUT2D eigenvalue weighted by Gasteiger charge is 2.33.